The van der Waals surface area contributed by atoms with Crippen LogP contribution in [-0.4, -0.2) is 68.8 Å². The van der Waals surface area contributed by atoms with Crippen LogP contribution in [0.5, 0.6) is 0 Å². The summed E-state index contributed by atoms with van der Waals surface area (Å²) in [7, 11) is 0. The predicted molar refractivity (Wildman–Crippen MR) is 118 cm³/mol. The van der Waals surface area contributed by atoms with Gasteiger partial charge in [-0.1, -0.05) is 6.07 Å². The first-order valence-corrected chi connectivity index (χ1v) is 11.5. The lowest BCUT2D eigenvalue weighted by Crippen LogP contribution is -2.71. The molecule has 3 aliphatic rings. The molecule has 4 atom stereocenters. The van der Waals surface area contributed by atoms with Crippen molar-refractivity contribution in [1.82, 2.24) is 15.2 Å². The van der Waals surface area contributed by atoms with Crippen molar-refractivity contribution in [3.05, 3.63) is 23.9 Å². The van der Waals surface area contributed by atoms with Gasteiger partial charge in [0.05, 0.1) is 17.7 Å². The summed E-state index contributed by atoms with van der Waals surface area (Å²) in [6, 6.07) is 3.94. The van der Waals surface area contributed by atoms with E-state index in [1.807, 2.05) is 19.1 Å². The number of aliphatic hydroxyl groups is 1. The van der Waals surface area contributed by atoms with E-state index in [0.29, 0.717) is 25.8 Å². The van der Waals surface area contributed by atoms with Crippen LogP contribution in [0.4, 0.5) is 15.4 Å². The van der Waals surface area contributed by atoms with E-state index in [1.165, 1.54) is 4.90 Å². The molecule has 176 valence electrons. The summed E-state index contributed by atoms with van der Waals surface area (Å²) in [4.78, 5) is 33.3. The van der Waals surface area contributed by atoms with Gasteiger partial charge in [0, 0.05) is 31.6 Å². The molecule has 32 heavy (non-hydrogen) atoms. The molecule has 2 bridgehead atoms. The zero-order valence-corrected chi connectivity index (χ0v) is 19.1. The van der Waals surface area contributed by atoms with Crippen LogP contribution >= 0.6 is 0 Å². The molecule has 4 heterocycles. The van der Waals surface area contributed by atoms with Crippen molar-refractivity contribution in [3.63, 3.8) is 0 Å². The number of carboxylic acid groups (broad SMARTS) is 1. The topological polar surface area (TPSA) is 115 Å². The maximum absolute atomic E-state index is 12.6. The number of aromatic nitrogens is 1. The molecule has 2 amide bonds. The van der Waals surface area contributed by atoms with E-state index in [0.717, 1.165) is 30.8 Å². The van der Waals surface area contributed by atoms with Crippen molar-refractivity contribution in [1.29, 1.82) is 0 Å². The summed E-state index contributed by atoms with van der Waals surface area (Å²) >= 11 is 0. The summed E-state index contributed by atoms with van der Waals surface area (Å²) in [6.45, 7) is 7.06. The molecule has 0 aliphatic carbocycles. The smallest absolute Gasteiger partial charge is 0.409 e. The van der Waals surface area contributed by atoms with E-state index in [9.17, 15) is 19.8 Å². The van der Waals surface area contributed by atoms with Gasteiger partial charge in [-0.2, -0.15) is 0 Å². The summed E-state index contributed by atoms with van der Waals surface area (Å²) in [6.07, 6.45) is 2.44. The number of pyridine rings is 1. The first kappa shape index (κ1) is 22.6. The van der Waals surface area contributed by atoms with Gasteiger partial charge in [0.2, 0.25) is 0 Å². The van der Waals surface area contributed by atoms with Crippen LogP contribution in [-0.2, 0) is 4.74 Å². The highest BCUT2D eigenvalue weighted by Crippen LogP contribution is 2.54. The van der Waals surface area contributed by atoms with Crippen molar-refractivity contribution in [2.75, 3.05) is 18.0 Å². The predicted octanol–water partition coefficient (Wildman–Crippen LogP) is 3.10. The van der Waals surface area contributed by atoms with Crippen LogP contribution in [0.2, 0.25) is 0 Å². The number of aliphatic hydroxyl groups excluding tert-OH is 1. The van der Waals surface area contributed by atoms with Crippen molar-refractivity contribution in [2.24, 2.45) is 5.92 Å². The molecule has 9 heteroatoms. The van der Waals surface area contributed by atoms with Crippen molar-refractivity contribution < 1.29 is 24.5 Å². The second-order valence-corrected chi connectivity index (χ2v) is 9.82. The fourth-order valence-corrected chi connectivity index (χ4v) is 6.28. The molecule has 1 aromatic rings. The Morgan fingerprint density at radius 3 is 2.78 bits per heavy atom. The minimum absolute atomic E-state index is 0.0218. The second kappa shape index (κ2) is 8.42. The number of rotatable bonds is 4. The Labute approximate surface area is 188 Å². The number of ether oxygens (including phenoxy) is 1. The van der Waals surface area contributed by atoms with E-state index in [4.69, 9.17) is 4.74 Å². The third kappa shape index (κ3) is 3.87. The number of piperidine rings is 2. The molecule has 4 unspecified atom stereocenters. The number of carbonyl (C=O) groups excluding carboxylic acids is 1. The molecular weight excluding hydrogens is 412 g/mol. The average Bonchev–Trinajstić information content (AvgIpc) is 2.93. The van der Waals surface area contributed by atoms with Gasteiger partial charge in [-0.15, -0.1) is 0 Å². The number of carbonyl (C=O) groups is 2. The first-order chi connectivity index (χ1) is 15.2. The number of nitrogens with zero attached hydrogens (tertiary/aromatic N) is 3. The molecule has 1 aromatic heterocycles. The minimum Gasteiger partial charge on any atom is -0.465 e. The molecule has 3 N–H and O–H groups in total. The molecule has 0 saturated carbocycles. The largest absolute Gasteiger partial charge is 0.465 e. The average molecular weight is 447 g/mol. The maximum atomic E-state index is 12.6. The van der Waals surface area contributed by atoms with E-state index in [1.54, 1.807) is 20.0 Å². The van der Waals surface area contributed by atoms with E-state index >= 15 is 0 Å². The molecule has 9 nitrogen and oxygen atoms in total. The summed E-state index contributed by atoms with van der Waals surface area (Å²) in [5, 5.41) is 24.0. The normalized spacial score (nSPS) is 32.2. The number of hydrogen-bond acceptors (Lipinski definition) is 6. The number of nitrogens with one attached hydrogen (secondary N) is 1. The first-order valence-electron chi connectivity index (χ1n) is 11.5. The van der Waals surface area contributed by atoms with E-state index in [2.05, 4.69) is 15.2 Å². The van der Waals surface area contributed by atoms with Crippen molar-refractivity contribution >= 4 is 18.0 Å². The molecule has 3 fully saturated rings. The molecular formula is C23H34N4O5. The summed E-state index contributed by atoms with van der Waals surface area (Å²) in [5.74, 6) is 0.947. The Hall–Kier alpha value is -2.55. The molecule has 3 saturated heterocycles. The fraction of sp³-hybridized carbons (Fsp3) is 0.696. The van der Waals surface area contributed by atoms with Gasteiger partial charge < -0.3 is 19.8 Å². The standard InChI is InChI=1S/C23H34N4O5/c1-15(2)32-20(29)25-23-9-8-22(12-18(28)13-23,27(23)21(30)31)17-7-5-11-26(14-17)19-16(3)6-4-10-24-19/h4,6,10,15,17-18,28H,5,7-9,11-14H2,1-3H3,(H,25,29)(H,30,31). The SMILES string of the molecule is Cc1cccnc1N1CCCC(C23CCC(NC(=O)OC(C)C)(CC(O)C2)N3C(=O)O)C1. The number of alkyl carbamates (subject to hydrolysis) is 1. The third-order valence-electron chi connectivity index (χ3n) is 7.34. The lowest BCUT2D eigenvalue weighted by Gasteiger charge is -2.55. The monoisotopic (exact) mass is 446 g/mol. The van der Waals surface area contributed by atoms with Crippen LogP contribution in [0.25, 0.3) is 0 Å². The lowest BCUT2D eigenvalue weighted by molar-refractivity contribution is -0.0851. The Morgan fingerprint density at radius 1 is 1.31 bits per heavy atom. The van der Waals surface area contributed by atoms with E-state index in [-0.39, 0.29) is 18.4 Å². The van der Waals surface area contributed by atoms with Gasteiger partial charge in [0.1, 0.15) is 11.5 Å². The number of aryl methyl sites for hydroxylation is 1. The molecule has 3 aliphatic heterocycles. The van der Waals surface area contributed by atoms with Gasteiger partial charge >= 0.3 is 12.2 Å². The van der Waals surface area contributed by atoms with Crippen molar-refractivity contribution in [2.45, 2.75) is 82.7 Å². The highest BCUT2D eigenvalue weighted by Gasteiger charge is 2.65. The van der Waals surface area contributed by atoms with Crippen LogP contribution in [0.3, 0.4) is 0 Å². The summed E-state index contributed by atoms with van der Waals surface area (Å²) < 4.78 is 5.26. The van der Waals surface area contributed by atoms with Crippen LogP contribution in [0, 0.1) is 12.8 Å². The van der Waals surface area contributed by atoms with Gasteiger partial charge in [-0.3, -0.25) is 10.2 Å². The number of anilines is 1. The van der Waals surface area contributed by atoms with E-state index < -0.39 is 29.5 Å². The van der Waals surface area contributed by atoms with Gasteiger partial charge in [0.15, 0.2) is 0 Å². The number of amides is 2. The third-order valence-corrected chi connectivity index (χ3v) is 7.34. The second-order valence-electron chi connectivity index (χ2n) is 9.82. The van der Waals surface area contributed by atoms with Gasteiger partial charge in [-0.05, 0) is 64.5 Å². The van der Waals surface area contributed by atoms with Crippen molar-refractivity contribution in [3.8, 4) is 0 Å². The van der Waals surface area contributed by atoms with Crippen LogP contribution < -0.4 is 10.2 Å². The lowest BCUT2D eigenvalue weighted by atomic mass is 9.72. The van der Waals surface area contributed by atoms with Gasteiger partial charge in [-0.25, -0.2) is 14.6 Å². The number of fused-ring (bicyclic) bond motifs is 2. The zero-order chi connectivity index (χ0) is 23.1. The van der Waals surface area contributed by atoms with Crippen LogP contribution in [0.1, 0.15) is 57.9 Å². The minimum atomic E-state index is -1.15. The fourth-order valence-electron chi connectivity index (χ4n) is 6.28. The quantitative estimate of drug-likeness (QED) is 0.651. The Bertz CT molecular complexity index is 880. The molecule has 4 rings (SSSR count). The highest BCUT2D eigenvalue weighted by atomic mass is 16.6. The molecule has 0 radical (unpaired) electrons. The Morgan fingerprint density at radius 2 is 2.09 bits per heavy atom. The van der Waals surface area contributed by atoms with Gasteiger partial charge in [0.25, 0.3) is 0 Å². The van der Waals surface area contributed by atoms with Crippen LogP contribution in [0.15, 0.2) is 18.3 Å². The summed E-state index contributed by atoms with van der Waals surface area (Å²) in [5.41, 5.74) is -0.808. The number of hydrogen-bond donors (Lipinski definition) is 3. The Balaban J connectivity index is 1.65. The maximum Gasteiger partial charge on any atom is 0.409 e. The molecule has 0 spiro atoms. The Kier molecular flexibility index (Phi) is 5.96. The molecule has 0 aromatic carbocycles. The zero-order valence-electron chi connectivity index (χ0n) is 19.1. The highest BCUT2D eigenvalue weighted by molar-refractivity contribution is 5.73.